The third kappa shape index (κ3) is 33.0. The van der Waals surface area contributed by atoms with Crippen LogP contribution < -0.4 is 109 Å². The van der Waals surface area contributed by atoms with Crippen molar-refractivity contribution in [1.82, 2.24) is 63.4 Å². The summed E-state index contributed by atoms with van der Waals surface area (Å²) in [5.74, 6) is -15.6. The lowest BCUT2D eigenvalue weighted by molar-refractivity contribution is -0.143. The molecular weight excluding hydrogens is 1430 g/mol. The number of unbranched alkanes of at least 4 members (excludes halogenated alkanes) is 1. The number of hydrogen-bond donors (Lipinski definition) is 21. The highest BCUT2D eigenvalue weighted by atomic mass is 32.2. The van der Waals surface area contributed by atoms with Gasteiger partial charge >= 0.3 is 5.97 Å². The Kier molecular flexibility index (Phi) is 38.5. The Morgan fingerprint density at radius 3 is 1.58 bits per heavy atom. The van der Waals surface area contributed by atoms with Crippen molar-refractivity contribution in [2.45, 2.75) is 171 Å². The van der Waals surface area contributed by atoms with E-state index in [0.717, 1.165) is 11.8 Å². The number of carboxylic acids is 1. The Bertz CT molecular complexity index is 3520. The molecule has 2 aromatic rings. The van der Waals surface area contributed by atoms with Crippen LogP contribution in [0.25, 0.3) is 0 Å². The van der Waals surface area contributed by atoms with Crippen molar-refractivity contribution >= 4 is 112 Å². The van der Waals surface area contributed by atoms with E-state index in [1.807, 2.05) is 0 Å². The van der Waals surface area contributed by atoms with Gasteiger partial charge in [-0.15, -0.1) is 11.8 Å². The van der Waals surface area contributed by atoms with Gasteiger partial charge in [-0.2, -0.15) is 0 Å². The topological polar surface area (TPSA) is 669 Å². The number of thioether (sulfide) groups is 1. The van der Waals surface area contributed by atoms with Crippen LogP contribution in [0.4, 0.5) is 0 Å². The number of rotatable bonds is 26. The summed E-state index contributed by atoms with van der Waals surface area (Å²) >= 11 is 0.806. The van der Waals surface area contributed by atoms with Gasteiger partial charge in [-0.1, -0.05) is 38.1 Å². The third-order valence-corrected chi connectivity index (χ3v) is 17.8. The number of nitrogens with zero attached hydrogens (tertiary/aromatic N) is 4. The van der Waals surface area contributed by atoms with Crippen molar-refractivity contribution in [3.8, 4) is 11.5 Å². The first kappa shape index (κ1) is 89.1. The number of carboxylic acid groups (broad SMARTS) is 1. The number of nitrogens with two attached hydrogens (primary N) is 8. The highest BCUT2D eigenvalue weighted by molar-refractivity contribution is 8.00. The van der Waals surface area contributed by atoms with Gasteiger partial charge in [0.2, 0.25) is 76.8 Å². The Morgan fingerprint density at radius 2 is 1.03 bits per heavy atom. The molecule has 2 heterocycles. The van der Waals surface area contributed by atoms with E-state index in [9.17, 15) is 63.0 Å². The van der Waals surface area contributed by atoms with Crippen LogP contribution in [0, 0.1) is 5.92 Å². The number of phenols is 1. The summed E-state index contributed by atoms with van der Waals surface area (Å²) in [5.41, 5.74) is 45.9. The molecule has 41 heteroatoms. The average molecular weight is 1540 g/mol. The second-order valence-electron chi connectivity index (χ2n) is 26.1. The second kappa shape index (κ2) is 46.6. The summed E-state index contributed by atoms with van der Waals surface area (Å²) in [5, 5.41) is 48.1. The minimum Gasteiger partial charge on any atom is -0.508 e. The first-order valence-corrected chi connectivity index (χ1v) is 36.3. The number of primary amides is 1. The number of benzene rings is 2. The lowest BCUT2D eigenvalue weighted by Crippen LogP contribution is -2.60. The van der Waals surface area contributed by atoms with Gasteiger partial charge in [-0.3, -0.25) is 82.1 Å². The van der Waals surface area contributed by atoms with Crippen LogP contribution in [0.2, 0.25) is 0 Å². The van der Waals surface area contributed by atoms with Crippen molar-refractivity contribution in [3.63, 3.8) is 0 Å². The maximum absolute atomic E-state index is 15.2. The van der Waals surface area contributed by atoms with Crippen LogP contribution in [0.1, 0.15) is 108 Å². The number of aromatic hydroxyl groups is 1. The van der Waals surface area contributed by atoms with Crippen LogP contribution in [0.3, 0.4) is 0 Å². The van der Waals surface area contributed by atoms with E-state index in [1.54, 1.807) is 38.1 Å². The third-order valence-electron chi connectivity index (χ3n) is 16.8. The zero-order valence-electron chi connectivity index (χ0n) is 60.8. The predicted molar refractivity (Wildman–Crippen MR) is 398 cm³/mol. The first-order valence-electron chi connectivity index (χ1n) is 35.2. The molecule has 2 fully saturated rings. The molecule has 0 unspecified atom stereocenters. The van der Waals surface area contributed by atoms with Crippen molar-refractivity contribution in [2.75, 3.05) is 64.4 Å². The molecule has 0 bridgehead atoms. The summed E-state index contributed by atoms with van der Waals surface area (Å²) in [6, 6.07) is -3.03. The fourth-order valence-corrected chi connectivity index (χ4v) is 12.2. The van der Waals surface area contributed by atoms with Gasteiger partial charge in [0.1, 0.15) is 71.9 Å². The molecule has 2 aliphatic rings. The van der Waals surface area contributed by atoms with E-state index in [0.29, 0.717) is 23.3 Å². The van der Waals surface area contributed by atoms with E-state index < -0.39 is 168 Å². The van der Waals surface area contributed by atoms with Crippen LogP contribution >= 0.6 is 11.8 Å². The van der Waals surface area contributed by atoms with Gasteiger partial charge in [0.25, 0.3) is 0 Å². The van der Waals surface area contributed by atoms with Gasteiger partial charge in [0.05, 0.1) is 32.4 Å². The Balaban J connectivity index is 1.88. The second-order valence-corrected chi connectivity index (χ2v) is 27.1. The number of ether oxygens (including phenoxy) is 1. The molecule has 2 aliphatic heterocycles. The van der Waals surface area contributed by atoms with E-state index >= 15 is 14.4 Å². The molecule has 0 aliphatic carbocycles. The Hall–Kier alpha value is -11.3. The smallest absolute Gasteiger partial charge is 0.305 e. The van der Waals surface area contributed by atoms with Crippen molar-refractivity contribution in [1.29, 1.82) is 0 Å². The van der Waals surface area contributed by atoms with Crippen LogP contribution in [-0.2, 0) is 80.0 Å². The Labute approximate surface area is 628 Å². The van der Waals surface area contributed by atoms with Crippen molar-refractivity contribution in [3.05, 3.63) is 59.7 Å². The maximum atomic E-state index is 15.2. The number of carbonyl (C=O) groups is 14. The highest BCUT2D eigenvalue weighted by Gasteiger charge is 2.41. The standard InChI is InChI=1S/C67H105N23O17S/c1-36(2)27-45-59(101)84-43(15-8-24-77-66(72)73)58(100)88-47(30-38-11-6-12-40(28-38)107-3)61(103)86-44(16-9-25-78-67(74)75)64(106)90-26-10-17-50(90)63(105)85-42(13-4-5-22-68)57(99)89-48(31-54(95)96)62(104)83-41(14-7-23-76-65(70)71)56(98)80-32-51(92)79-33-52(93)82-49(55(69)97)34-108-35-53(94)81-46(60(102)87-45)29-37-18-20-39(91)21-19-37/h6,11-12,18-21,28,36,41-50,91H,4-5,7-10,13-17,22-27,29-35,68H2,1-3H3,(H2,69,97)(H,79,92)(H,80,98)(H,81,94)(H,82,93)(H,83,104)(H,84,101)(H,85,105)(H,86,103)(H,87,102)(H,88,100)(H,89,99)(H,95,96)(H4,70,71,76)(H4,72,73,77)(H4,74,75,78)/t41-,42-,43-,44-,45-,46-,47-,48-,49-,50-/m0/s1. The first-order chi connectivity index (χ1) is 51.3. The highest BCUT2D eigenvalue weighted by Crippen LogP contribution is 2.22. The largest absolute Gasteiger partial charge is 0.508 e. The fraction of sp³-hybridized carbons (Fsp3) is 0.567. The Morgan fingerprint density at radius 1 is 0.546 bits per heavy atom. The van der Waals surface area contributed by atoms with Crippen molar-refractivity contribution in [2.24, 2.45) is 66.8 Å². The maximum Gasteiger partial charge on any atom is 0.305 e. The lowest BCUT2D eigenvalue weighted by Gasteiger charge is -2.31. The fourth-order valence-electron chi connectivity index (χ4n) is 11.4. The van der Waals surface area contributed by atoms with Gasteiger partial charge < -0.3 is 124 Å². The molecule has 2 saturated heterocycles. The summed E-state index contributed by atoms with van der Waals surface area (Å²) in [7, 11) is 1.41. The lowest BCUT2D eigenvalue weighted by atomic mass is 10.00. The number of hydrogen-bond acceptors (Lipinski definition) is 21. The molecule has 0 spiro atoms. The molecule has 0 aromatic heterocycles. The molecule has 0 saturated carbocycles. The zero-order chi connectivity index (χ0) is 80.0. The minimum absolute atomic E-state index is 0.0100. The molecule has 0 radical (unpaired) electrons. The van der Waals surface area contributed by atoms with Gasteiger partial charge in [0, 0.05) is 44.8 Å². The number of guanidine groups is 3. The zero-order valence-corrected chi connectivity index (χ0v) is 61.6. The van der Waals surface area contributed by atoms with Gasteiger partial charge in [0.15, 0.2) is 17.9 Å². The average Bonchev–Trinajstić information content (AvgIpc) is 1.64. The number of aliphatic carboxylic acids is 1. The van der Waals surface area contributed by atoms with Crippen LogP contribution in [0.5, 0.6) is 11.5 Å². The molecule has 4 rings (SSSR count). The van der Waals surface area contributed by atoms with E-state index in [4.69, 9.17) is 50.6 Å². The number of methoxy groups -OCH3 is 1. The monoisotopic (exact) mass is 1540 g/mol. The quantitative estimate of drug-likeness (QED) is 0.0236. The summed E-state index contributed by atoms with van der Waals surface area (Å²) < 4.78 is 5.47. The summed E-state index contributed by atoms with van der Waals surface area (Å²) in [6.45, 7) is 1.83. The minimum atomic E-state index is -1.93. The summed E-state index contributed by atoms with van der Waals surface area (Å²) in [4.78, 5) is 210. The predicted octanol–water partition coefficient (Wildman–Crippen LogP) is -7.18. The molecule has 40 nitrogen and oxygen atoms in total. The summed E-state index contributed by atoms with van der Waals surface area (Å²) in [6.07, 6.45) is -1.41. The number of nitrogens with one attached hydrogen (secondary N) is 11. The van der Waals surface area contributed by atoms with E-state index in [1.165, 1.54) is 36.3 Å². The number of fused-ring (bicyclic) bond motifs is 1. The number of phenolic OH excluding ortho intramolecular Hbond substituents is 1. The normalized spacial score (nSPS) is 22.8. The van der Waals surface area contributed by atoms with Gasteiger partial charge in [-0.25, -0.2) is 0 Å². The van der Waals surface area contributed by atoms with Crippen molar-refractivity contribution < 1.29 is 82.1 Å². The molecular formula is C67H105N23O17S. The number of amides is 13. The molecule has 2 aromatic carbocycles. The molecule has 10 atom stereocenters. The van der Waals surface area contributed by atoms with E-state index in [-0.39, 0.29) is 151 Å². The van der Waals surface area contributed by atoms with Crippen LogP contribution in [-0.4, -0.2) is 241 Å². The van der Waals surface area contributed by atoms with Crippen LogP contribution in [0.15, 0.2) is 63.5 Å². The number of aliphatic imine (C=N–C) groups is 3. The molecule has 13 amide bonds. The van der Waals surface area contributed by atoms with E-state index in [2.05, 4.69) is 73.5 Å². The number of carbonyl (C=O) groups excluding carboxylic acids is 13. The molecule has 29 N–H and O–H groups in total. The molecule has 108 heavy (non-hydrogen) atoms. The van der Waals surface area contributed by atoms with Gasteiger partial charge in [-0.05, 0) is 125 Å². The molecule has 596 valence electrons. The SMILES string of the molecule is COc1cccc(C[C@@H]2NC(=O)[C@H](CCCN=C(N)N)NC(=O)[C@H](CC(C)C)NC(=O)[C@H](Cc3ccc(O)cc3)NC(=O)CSC[C@@H](C(N)=O)NC(=O)CNC(=O)CNC(=O)[C@H](CCCN=C(N)N)NC(=O)[C@H](CC(=O)O)NC(=O)[C@H](CCCCN)NC(=O)[C@@H]3CCCN3C(=O)[C@H](CCCN=C(N)N)NC2=O)c1.